The minimum atomic E-state index is -0.399. The van der Waals surface area contributed by atoms with E-state index in [1.165, 1.54) is 19.3 Å². The van der Waals surface area contributed by atoms with Gasteiger partial charge in [-0.25, -0.2) is 0 Å². The molecule has 0 aliphatic heterocycles. The van der Waals surface area contributed by atoms with Crippen molar-refractivity contribution >= 4 is 34.8 Å². The summed E-state index contributed by atoms with van der Waals surface area (Å²) in [4.78, 5) is 0. The van der Waals surface area contributed by atoms with Gasteiger partial charge in [0.15, 0.2) is 5.75 Å². The van der Waals surface area contributed by atoms with Crippen molar-refractivity contribution in [2.45, 2.75) is 72.1 Å². The molecule has 1 unspecified atom stereocenters. The first-order chi connectivity index (χ1) is 14.1. The number of phenols is 1. The van der Waals surface area contributed by atoms with E-state index >= 15 is 0 Å². The van der Waals surface area contributed by atoms with Gasteiger partial charge in [-0.3, -0.25) is 0 Å². The average molecular weight is 472 g/mol. The van der Waals surface area contributed by atoms with Crippen LogP contribution in [0.15, 0.2) is 24.3 Å². The van der Waals surface area contributed by atoms with Gasteiger partial charge in [-0.05, 0) is 54.2 Å². The molecule has 2 nitrogen and oxygen atoms in total. The monoisotopic (exact) mass is 470 g/mol. The predicted molar refractivity (Wildman–Crippen MR) is 130 cm³/mol. The molecule has 0 saturated heterocycles. The number of unbranched alkanes of at least 4 members (excludes halogenated alkanes) is 2. The van der Waals surface area contributed by atoms with Gasteiger partial charge in [0.2, 0.25) is 0 Å². The van der Waals surface area contributed by atoms with Crippen LogP contribution in [0.5, 0.6) is 11.5 Å². The summed E-state index contributed by atoms with van der Waals surface area (Å²) in [5, 5.41) is 11.3. The Labute approximate surface area is 196 Å². The average Bonchev–Trinajstić information content (AvgIpc) is 2.69. The van der Waals surface area contributed by atoms with Crippen molar-refractivity contribution in [1.29, 1.82) is 0 Å². The molecule has 0 aromatic heterocycles. The summed E-state index contributed by atoms with van der Waals surface area (Å²) in [5.74, 6) is 1.44. The van der Waals surface area contributed by atoms with Crippen LogP contribution in [0.4, 0.5) is 0 Å². The first-order valence-electron chi connectivity index (χ1n) is 10.7. The lowest BCUT2D eigenvalue weighted by Gasteiger charge is -2.28. The van der Waals surface area contributed by atoms with Gasteiger partial charge in [-0.2, -0.15) is 0 Å². The van der Waals surface area contributed by atoms with Crippen LogP contribution >= 0.6 is 34.8 Å². The van der Waals surface area contributed by atoms with Crippen LogP contribution < -0.4 is 4.74 Å². The second-order valence-electron chi connectivity index (χ2n) is 8.73. The van der Waals surface area contributed by atoms with Crippen molar-refractivity contribution in [3.63, 3.8) is 0 Å². The molecule has 0 saturated carbocycles. The fourth-order valence-electron chi connectivity index (χ4n) is 3.47. The molecule has 1 N–H and O–H groups in total. The van der Waals surface area contributed by atoms with Gasteiger partial charge in [0, 0.05) is 5.41 Å². The molecule has 0 radical (unpaired) electrons. The van der Waals surface area contributed by atoms with E-state index in [1.54, 1.807) is 6.07 Å². The molecule has 0 aliphatic carbocycles. The first kappa shape index (κ1) is 25.2. The van der Waals surface area contributed by atoms with Gasteiger partial charge >= 0.3 is 0 Å². The maximum absolute atomic E-state index is 9.98. The summed E-state index contributed by atoms with van der Waals surface area (Å²) in [6, 6.07) is 7.53. The van der Waals surface area contributed by atoms with E-state index in [0.717, 1.165) is 35.4 Å². The van der Waals surface area contributed by atoms with Gasteiger partial charge in [0.1, 0.15) is 5.75 Å². The van der Waals surface area contributed by atoms with E-state index in [4.69, 9.17) is 39.5 Å². The molecule has 30 heavy (non-hydrogen) atoms. The Morgan fingerprint density at radius 3 is 2.07 bits per heavy atom. The van der Waals surface area contributed by atoms with Crippen molar-refractivity contribution in [3.8, 4) is 11.5 Å². The van der Waals surface area contributed by atoms with E-state index < -0.39 is 5.41 Å². The zero-order chi connectivity index (χ0) is 22.5. The molecule has 2 rings (SSSR count). The Morgan fingerprint density at radius 1 is 0.933 bits per heavy atom. The summed E-state index contributed by atoms with van der Waals surface area (Å²) >= 11 is 19.3. The zero-order valence-corrected chi connectivity index (χ0v) is 20.9. The molecule has 0 heterocycles. The van der Waals surface area contributed by atoms with Crippen molar-refractivity contribution in [2.75, 3.05) is 6.61 Å². The van der Waals surface area contributed by atoms with Gasteiger partial charge in [-0.1, -0.05) is 94.2 Å². The number of benzene rings is 2. The zero-order valence-electron chi connectivity index (χ0n) is 18.6. The highest BCUT2D eigenvalue weighted by Gasteiger charge is 2.27. The normalized spacial score (nSPS) is 12.8. The Bertz CT molecular complexity index is 815. The van der Waals surface area contributed by atoms with E-state index in [0.29, 0.717) is 27.4 Å². The Hall–Kier alpha value is -1.09. The second kappa shape index (κ2) is 11.0. The molecule has 2 aromatic rings. The van der Waals surface area contributed by atoms with E-state index in [9.17, 15) is 5.11 Å². The smallest absolute Gasteiger partial charge is 0.156 e. The van der Waals surface area contributed by atoms with Crippen molar-refractivity contribution in [1.82, 2.24) is 0 Å². The van der Waals surface area contributed by atoms with Gasteiger partial charge in [0.05, 0.1) is 21.7 Å². The van der Waals surface area contributed by atoms with Gasteiger partial charge in [0.25, 0.3) is 0 Å². The van der Waals surface area contributed by atoms with E-state index in [2.05, 4.69) is 27.7 Å². The van der Waals surface area contributed by atoms with Crippen molar-refractivity contribution in [2.24, 2.45) is 5.92 Å². The highest BCUT2D eigenvalue weighted by molar-refractivity contribution is 6.37. The molecule has 1 atom stereocenters. The van der Waals surface area contributed by atoms with Gasteiger partial charge < -0.3 is 9.84 Å². The summed E-state index contributed by atoms with van der Waals surface area (Å²) in [5.41, 5.74) is 2.27. The maximum atomic E-state index is 9.98. The van der Waals surface area contributed by atoms with Crippen molar-refractivity contribution < 1.29 is 9.84 Å². The van der Waals surface area contributed by atoms with Crippen LogP contribution in [0.25, 0.3) is 0 Å². The third-order valence-corrected chi connectivity index (χ3v) is 6.83. The fraction of sp³-hybridized carbons (Fsp3) is 0.520. The molecule has 0 bridgehead atoms. The Kier molecular flexibility index (Phi) is 9.21. The van der Waals surface area contributed by atoms with Crippen LogP contribution in [-0.4, -0.2) is 11.7 Å². The molecular weight excluding hydrogens is 439 g/mol. The molecular formula is C25H33Cl3O2. The lowest BCUT2D eigenvalue weighted by molar-refractivity contribution is 0.302. The summed E-state index contributed by atoms with van der Waals surface area (Å²) in [7, 11) is 0. The Balaban J connectivity index is 2.10. The number of phenolic OH excluding ortho intramolecular Hbond substituents is 1. The fourth-order valence-corrected chi connectivity index (χ4v) is 4.34. The highest BCUT2D eigenvalue weighted by Crippen LogP contribution is 2.42. The van der Waals surface area contributed by atoms with Gasteiger partial charge in [-0.15, -0.1) is 0 Å². The Morgan fingerprint density at radius 2 is 1.50 bits per heavy atom. The van der Waals surface area contributed by atoms with Crippen LogP contribution in [0.1, 0.15) is 76.5 Å². The topological polar surface area (TPSA) is 29.5 Å². The predicted octanol–water partition coefficient (Wildman–Crippen LogP) is 8.97. The van der Waals surface area contributed by atoms with E-state index in [1.807, 2.05) is 25.1 Å². The highest BCUT2D eigenvalue weighted by atomic mass is 35.5. The SMILES string of the molecule is CCC(C)CCCCCOc1c(Cl)cc(C(C)(C)c2cc(C)c(O)c(Cl)c2)cc1Cl. The lowest BCUT2D eigenvalue weighted by Crippen LogP contribution is -2.19. The second-order valence-corrected chi connectivity index (χ2v) is 9.95. The molecule has 5 heteroatoms. The number of aromatic hydroxyl groups is 1. The molecule has 166 valence electrons. The largest absolute Gasteiger partial charge is 0.506 e. The van der Waals surface area contributed by atoms with Crippen LogP contribution in [0, 0.1) is 12.8 Å². The van der Waals surface area contributed by atoms with Crippen LogP contribution in [-0.2, 0) is 5.41 Å². The molecule has 0 aliphatic rings. The third-order valence-electron chi connectivity index (χ3n) is 5.98. The summed E-state index contributed by atoms with van der Waals surface area (Å²) in [6.07, 6.45) is 5.86. The molecule has 0 spiro atoms. The number of ether oxygens (including phenoxy) is 1. The van der Waals surface area contributed by atoms with Crippen LogP contribution in [0.2, 0.25) is 15.1 Å². The minimum absolute atomic E-state index is 0.111. The molecule has 2 aromatic carbocycles. The number of aryl methyl sites for hydroxylation is 1. The van der Waals surface area contributed by atoms with Crippen LogP contribution in [0.3, 0.4) is 0 Å². The first-order valence-corrected chi connectivity index (χ1v) is 11.8. The molecule has 0 fully saturated rings. The third kappa shape index (κ3) is 6.22. The number of rotatable bonds is 10. The summed E-state index contributed by atoms with van der Waals surface area (Å²) < 4.78 is 5.91. The number of halogens is 3. The number of hydrogen-bond acceptors (Lipinski definition) is 2. The van der Waals surface area contributed by atoms with E-state index in [-0.39, 0.29) is 5.75 Å². The number of hydrogen-bond donors (Lipinski definition) is 1. The molecule has 0 amide bonds. The summed E-state index contributed by atoms with van der Waals surface area (Å²) in [6.45, 7) is 11.1. The maximum Gasteiger partial charge on any atom is 0.156 e. The standard InChI is InChI=1S/C25H33Cl3O2/c1-6-16(2)10-8-7-9-11-30-24-21(27)14-19(15-22(24)28)25(4,5)18-12-17(3)23(29)20(26)13-18/h12-16,29H,6-11H2,1-5H3. The minimum Gasteiger partial charge on any atom is -0.506 e. The quantitative estimate of drug-likeness (QED) is 0.350. The van der Waals surface area contributed by atoms with Crippen molar-refractivity contribution in [3.05, 3.63) is 56.0 Å². The lowest BCUT2D eigenvalue weighted by atomic mass is 9.77.